The van der Waals surface area contributed by atoms with E-state index in [9.17, 15) is 9.90 Å². The van der Waals surface area contributed by atoms with Crippen molar-refractivity contribution in [1.82, 2.24) is 5.32 Å². The third-order valence-corrected chi connectivity index (χ3v) is 4.71. The largest absolute Gasteiger partial charge is 0.480 e. The minimum absolute atomic E-state index is 0.266. The van der Waals surface area contributed by atoms with Gasteiger partial charge in [-0.25, -0.2) is 0 Å². The monoisotopic (exact) mass is 288 g/mol. The first-order valence-corrected chi connectivity index (χ1v) is 7.81. The Morgan fingerprint density at radius 2 is 2.00 bits per heavy atom. The zero-order chi connectivity index (χ0) is 15.0. The van der Waals surface area contributed by atoms with E-state index in [1.807, 2.05) is 19.2 Å². The molecule has 0 amide bonds. The van der Waals surface area contributed by atoms with Gasteiger partial charge in [0.1, 0.15) is 5.54 Å². The molecule has 0 spiro atoms. The Labute approximate surface area is 126 Å². The molecule has 1 atom stereocenters. The number of aliphatic carboxylic acids is 1. The van der Waals surface area contributed by atoms with E-state index in [0.29, 0.717) is 12.6 Å². The van der Waals surface area contributed by atoms with Crippen LogP contribution in [0.3, 0.4) is 0 Å². The third kappa shape index (κ3) is 2.91. The van der Waals surface area contributed by atoms with Crippen molar-refractivity contribution in [3.8, 4) is 0 Å². The third-order valence-electron chi connectivity index (χ3n) is 4.71. The SMILES string of the molecule is Cc1ccccc1N(C)CC(NC1CC1)(C(=O)O)C1CC1. The first kappa shape index (κ1) is 14.4. The topological polar surface area (TPSA) is 52.6 Å². The number of anilines is 1. The molecule has 0 saturated heterocycles. The molecular weight excluding hydrogens is 264 g/mol. The fraction of sp³-hybridized carbons (Fsp3) is 0.588. The number of carbonyl (C=O) groups is 1. The van der Waals surface area contributed by atoms with Crippen LogP contribution in [-0.4, -0.2) is 36.2 Å². The number of nitrogens with zero attached hydrogens (tertiary/aromatic N) is 1. The van der Waals surface area contributed by atoms with Crippen LogP contribution >= 0.6 is 0 Å². The number of hydrogen-bond acceptors (Lipinski definition) is 3. The summed E-state index contributed by atoms with van der Waals surface area (Å²) in [6.07, 6.45) is 4.26. The molecule has 1 unspecified atom stereocenters. The summed E-state index contributed by atoms with van der Waals surface area (Å²) < 4.78 is 0. The number of hydrogen-bond donors (Lipinski definition) is 2. The van der Waals surface area contributed by atoms with Gasteiger partial charge in [-0.3, -0.25) is 10.1 Å². The van der Waals surface area contributed by atoms with Crippen LogP contribution in [0.15, 0.2) is 24.3 Å². The van der Waals surface area contributed by atoms with Gasteiger partial charge in [-0.1, -0.05) is 18.2 Å². The van der Waals surface area contributed by atoms with E-state index in [1.54, 1.807) is 0 Å². The van der Waals surface area contributed by atoms with Gasteiger partial charge in [0.25, 0.3) is 0 Å². The minimum atomic E-state index is -0.793. The number of nitrogens with one attached hydrogen (secondary N) is 1. The Hall–Kier alpha value is -1.55. The molecule has 2 saturated carbocycles. The highest BCUT2D eigenvalue weighted by Gasteiger charge is 2.53. The number of benzene rings is 1. The summed E-state index contributed by atoms with van der Waals surface area (Å²) >= 11 is 0. The first-order valence-electron chi connectivity index (χ1n) is 7.81. The van der Waals surface area contributed by atoms with Crippen molar-refractivity contribution in [1.29, 1.82) is 0 Å². The minimum Gasteiger partial charge on any atom is -0.480 e. The Morgan fingerprint density at radius 1 is 1.33 bits per heavy atom. The summed E-state index contributed by atoms with van der Waals surface area (Å²) in [6, 6.07) is 8.55. The number of carboxylic acids is 1. The van der Waals surface area contributed by atoms with Gasteiger partial charge in [-0.15, -0.1) is 0 Å². The zero-order valence-corrected chi connectivity index (χ0v) is 12.8. The number of likely N-dealkylation sites (N-methyl/N-ethyl adjacent to an activating group) is 1. The number of rotatable bonds is 7. The second-order valence-electron chi connectivity index (χ2n) is 6.61. The second-order valence-corrected chi connectivity index (χ2v) is 6.61. The predicted molar refractivity (Wildman–Crippen MR) is 83.7 cm³/mol. The molecule has 114 valence electrons. The molecule has 1 aromatic carbocycles. The number of para-hydroxylation sites is 1. The highest BCUT2D eigenvalue weighted by molar-refractivity contribution is 5.81. The molecule has 2 aliphatic rings. The van der Waals surface area contributed by atoms with E-state index in [-0.39, 0.29) is 5.92 Å². The van der Waals surface area contributed by atoms with Crippen LogP contribution in [0.4, 0.5) is 5.69 Å². The molecule has 0 radical (unpaired) electrons. The van der Waals surface area contributed by atoms with Crippen LogP contribution in [0, 0.1) is 12.8 Å². The lowest BCUT2D eigenvalue weighted by Gasteiger charge is -2.36. The van der Waals surface area contributed by atoms with Gasteiger partial charge in [0.05, 0.1) is 0 Å². The first-order chi connectivity index (χ1) is 10.0. The normalized spacial score (nSPS) is 20.9. The summed E-state index contributed by atoms with van der Waals surface area (Å²) in [5, 5.41) is 13.3. The summed E-state index contributed by atoms with van der Waals surface area (Å²) in [5.41, 5.74) is 1.50. The standard InChI is InChI=1S/C17H24N2O2/c1-12-5-3-4-6-15(12)19(2)11-17(16(20)21,13-7-8-13)18-14-9-10-14/h3-6,13-14,18H,7-11H2,1-2H3,(H,20,21). The number of carboxylic acid groups (broad SMARTS) is 1. The maximum absolute atomic E-state index is 12.0. The van der Waals surface area contributed by atoms with Crippen molar-refractivity contribution in [2.45, 2.75) is 44.2 Å². The lowest BCUT2D eigenvalue weighted by Crippen LogP contribution is -2.61. The summed E-state index contributed by atoms with van der Waals surface area (Å²) in [6.45, 7) is 2.59. The highest BCUT2D eigenvalue weighted by atomic mass is 16.4. The molecule has 0 aliphatic heterocycles. The van der Waals surface area contributed by atoms with E-state index in [0.717, 1.165) is 31.4 Å². The molecule has 0 heterocycles. The Balaban J connectivity index is 1.83. The maximum atomic E-state index is 12.0. The average molecular weight is 288 g/mol. The van der Waals surface area contributed by atoms with Crippen LogP contribution in [-0.2, 0) is 4.79 Å². The lowest BCUT2D eigenvalue weighted by atomic mass is 9.91. The molecular formula is C17H24N2O2. The van der Waals surface area contributed by atoms with Crippen molar-refractivity contribution in [2.24, 2.45) is 5.92 Å². The van der Waals surface area contributed by atoms with Gasteiger partial charge in [-0.2, -0.15) is 0 Å². The maximum Gasteiger partial charge on any atom is 0.326 e. The molecule has 2 aliphatic carbocycles. The van der Waals surface area contributed by atoms with Crippen molar-refractivity contribution in [3.63, 3.8) is 0 Å². The smallest absolute Gasteiger partial charge is 0.326 e. The molecule has 0 aromatic heterocycles. The summed E-state index contributed by atoms with van der Waals surface area (Å²) in [7, 11) is 2.00. The Bertz CT molecular complexity index is 537. The average Bonchev–Trinajstić information content (AvgIpc) is 3.31. The van der Waals surface area contributed by atoms with E-state index >= 15 is 0 Å². The van der Waals surface area contributed by atoms with Gasteiger partial charge in [0, 0.05) is 25.3 Å². The molecule has 3 rings (SSSR count). The van der Waals surface area contributed by atoms with Crippen LogP contribution in [0.5, 0.6) is 0 Å². The van der Waals surface area contributed by atoms with Gasteiger partial charge in [-0.05, 0) is 50.2 Å². The van der Waals surface area contributed by atoms with Gasteiger partial charge in [0.2, 0.25) is 0 Å². The molecule has 2 N–H and O–H groups in total. The fourth-order valence-electron chi connectivity index (χ4n) is 3.22. The second kappa shape index (κ2) is 5.34. The van der Waals surface area contributed by atoms with Gasteiger partial charge >= 0.3 is 5.97 Å². The van der Waals surface area contributed by atoms with Crippen molar-refractivity contribution < 1.29 is 9.90 Å². The molecule has 2 fully saturated rings. The van der Waals surface area contributed by atoms with Crippen LogP contribution in [0.1, 0.15) is 31.2 Å². The highest BCUT2D eigenvalue weighted by Crippen LogP contribution is 2.42. The van der Waals surface area contributed by atoms with E-state index in [4.69, 9.17) is 0 Å². The van der Waals surface area contributed by atoms with E-state index in [1.165, 1.54) is 5.56 Å². The van der Waals surface area contributed by atoms with Crippen LogP contribution < -0.4 is 10.2 Å². The Morgan fingerprint density at radius 3 is 2.52 bits per heavy atom. The van der Waals surface area contributed by atoms with Crippen molar-refractivity contribution >= 4 is 11.7 Å². The summed E-state index contributed by atoms with van der Waals surface area (Å²) in [5.74, 6) is -0.431. The molecule has 21 heavy (non-hydrogen) atoms. The fourth-order valence-corrected chi connectivity index (χ4v) is 3.22. The molecule has 4 heteroatoms. The lowest BCUT2D eigenvalue weighted by molar-refractivity contribution is -0.145. The van der Waals surface area contributed by atoms with Crippen molar-refractivity contribution in [3.05, 3.63) is 29.8 Å². The van der Waals surface area contributed by atoms with Crippen LogP contribution in [0.25, 0.3) is 0 Å². The van der Waals surface area contributed by atoms with Crippen molar-refractivity contribution in [2.75, 3.05) is 18.5 Å². The van der Waals surface area contributed by atoms with E-state index < -0.39 is 11.5 Å². The van der Waals surface area contributed by atoms with Gasteiger partial charge < -0.3 is 10.0 Å². The Kier molecular flexibility index (Phi) is 3.66. The van der Waals surface area contributed by atoms with E-state index in [2.05, 4.69) is 29.3 Å². The predicted octanol–water partition coefficient (Wildman–Crippen LogP) is 2.42. The number of aryl methyl sites for hydroxylation is 1. The summed E-state index contributed by atoms with van der Waals surface area (Å²) in [4.78, 5) is 14.1. The molecule has 4 nitrogen and oxygen atoms in total. The quantitative estimate of drug-likeness (QED) is 0.809. The van der Waals surface area contributed by atoms with Gasteiger partial charge in [0.15, 0.2) is 0 Å². The molecule has 0 bridgehead atoms. The van der Waals surface area contributed by atoms with Crippen LogP contribution in [0.2, 0.25) is 0 Å². The zero-order valence-electron chi connectivity index (χ0n) is 12.8. The molecule has 1 aromatic rings.